The summed E-state index contributed by atoms with van der Waals surface area (Å²) in [6.07, 6.45) is 6.82. The fourth-order valence-corrected chi connectivity index (χ4v) is 3.44. The van der Waals surface area contributed by atoms with Crippen LogP contribution in [0.15, 0.2) is 55.2 Å². The van der Waals surface area contributed by atoms with Gasteiger partial charge in [0.2, 0.25) is 0 Å². The van der Waals surface area contributed by atoms with Crippen LogP contribution < -0.4 is 0 Å². The zero-order valence-electron chi connectivity index (χ0n) is 14.0. The van der Waals surface area contributed by atoms with Crippen molar-refractivity contribution in [2.75, 3.05) is 6.54 Å². The van der Waals surface area contributed by atoms with Crippen molar-refractivity contribution in [3.63, 3.8) is 0 Å². The van der Waals surface area contributed by atoms with Crippen LogP contribution in [-0.2, 0) is 0 Å². The summed E-state index contributed by atoms with van der Waals surface area (Å²) >= 11 is 0. The van der Waals surface area contributed by atoms with Gasteiger partial charge in [-0.3, -0.25) is 9.36 Å². The molecule has 0 aliphatic carbocycles. The van der Waals surface area contributed by atoms with E-state index in [0.29, 0.717) is 11.4 Å². The number of carbonyl (C=O) groups excluding carboxylic acids is 1. The van der Waals surface area contributed by atoms with Gasteiger partial charge in [-0.05, 0) is 43.0 Å². The van der Waals surface area contributed by atoms with Crippen molar-refractivity contribution in [3.05, 3.63) is 71.9 Å². The zero-order valence-corrected chi connectivity index (χ0v) is 14.0. The van der Waals surface area contributed by atoms with Crippen LogP contribution in [-0.4, -0.2) is 37.1 Å². The molecular weight excluding hydrogens is 314 g/mol. The minimum atomic E-state index is 0.0357. The summed E-state index contributed by atoms with van der Waals surface area (Å²) in [7, 11) is 0. The van der Waals surface area contributed by atoms with Gasteiger partial charge in [0, 0.05) is 12.7 Å². The first kappa shape index (κ1) is 15.5. The molecule has 3 heterocycles. The maximum atomic E-state index is 13.0. The summed E-state index contributed by atoms with van der Waals surface area (Å²) in [6, 6.07) is 12.1. The Balaban J connectivity index is 1.58. The molecule has 0 spiro atoms. The number of likely N-dealkylation sites (tertiary alicyclic amines) is 1. The average molecular weight is 333 g/mol. The van der Waals surface area contributed by atoms with Gasteiger partial charge in [0.05, 0.1) is 11.6 Å². The molecule has 6 nitrogen and oxygen atoms in total. The van der Waals surface area contributed by atoms with Crippen molar-refractivity contribution in [2.45, 2.75) is 25.8 Å². The first-order chi connectivity index (χ1) is 12.2. The normalized spacial score (nSPS) is 17.0. The molecule has 0 N–H and O–H groups in total. The molecule has 1 fully saturated rings. The molecule has 1 atom stereocenters. The number of nitrogens with zero attached hydrogens (tertiary/aromatic N) is 5. The second-order valence-electron chi connectivity index (χ2n) is 6.29. The quantitative estimate of drug-likeness (QED) is 0.739. The molecule has 0 radical (unpaired) electrons. The van der Waals surface area contributed by atoms with Crippen molar-refractivity contribution in [1.82, 2.24) is 24.6 Å². The maximum Gasteiger partial charge on any atom is 0.255 e. The van der Waals surface area contributed by atoms with Gasteiger partial charge in [-0.2, -0.15) is 0 Å². The minimum absolute atomic E-state index is 0.0357. The van der Waals surface area contributed by atoms with Gasteiger partial charge in [-0.1, -0.05) is 24.3 Å². The number of carbonyl (C=O) groups is 1. The van der Waals surface area contributed by atoms with Crippen molar-refractivity contribution >= 4 is 5.91 Å². The molecule has 2 aromatic heterocycles. The highest BCUT2D eigenvalue weighted by atomic mass is 16.2. The molecule has 1 aliphatic rings. The fraction of sp³-hybridized carbons (Fsp3) is 0.263. The molecule has 25 heavy (non-hydrogen) atoms. The van der Waals surface area contributed by atoms with Crippen molar-refractivity contribution in [3.8, 4) is 5.82 Å². The van der Waals surface area contributed by atoms with E-state index in [1.165, 1.54) is 11.1 Å². The third-order valence-electron chi connectivity index (χ3n) is 4.74. The highest BCUT2D eigenvalue weighted by molar-refractivity contribution is 5.94. The lowest BCUT2D eigenvalue weighted by Crippen LogP contribution is -2.31. The Morgan fingerprint density at radius 2 is 1.92 bits per heavy atom. The van der Waals surface area contributed by atoms with E-state index in [-0.39, 0.29) is 11.9 Å². The van der Waals surface area contributed by atoms with Crippen LogP contribution in [0.1, 0.15) is 40.4 Å². The summed E-state index contributed by atoms with van der Waals surface area (Å²) in [5.74, 6) is 0.729. The van der Waals surface area contributed by atoms with Crippen LogP contribution in [0.5, 0.6) is 0 Å². The highest BCUT2D eigenvalue weighted by Crippen LogP contribution is 2.34. The highest BCUT2D eigenvalue weighted by Gasteiger charge is 2.31. The lowest BCUT2D eigenvalue weighted by Gasteiger charge is -2.26. The molecule has 1 saturated heterocycles. The van der Waals surface area contributed by atoms with Gasteiger partial charge < -0.3 is 4.90 Å². The molecule has 3 aromatic rings. The molecule has 1 aromatic carbocycles. The van der Waals surface area contributed by atoms with E-state index in [2.05, 4.69) is 34.2 Å². The number of pyridine rings is 1. The Morgan fingerprint density at radius 1 is 1.12 bits per heavy atom. The summed E-state index contributed by atoms with van der Waals surface area (Å²) in [5, 5.41) is 7.54. The van der Waals surface area contributed by atoms with Crippen LogP contribution >= 0.6 is 0 Å². The van der Waals surface area contributed by atoms with Crippen LogP contribution in [0, 0.1) is 6.92 Å². The van der Waals surface area contributed by atoms with E-state index in [9.17, 15) is 4.79 Å². The molecule has 1 amide bonds. The first-order valence-corrected chi connectivity index (χ1v) is 8.41. The SMILES string of the molecule is Cc1ccccc1[C@@H]1CCCN1C(=O)c1ccc(-n2cnnc2)nc1. The van der Waals surface area contributed by atoms with Gasteiger partial charge in [-0.25, -0.2) is 4.98 Å². The largest absolute Gasteiger partial charge is 0.332 e. The van der Waals surface area contributed by atoms with Gasteiger partial charge in [0.1, 0.15) is 18.5 Å². The third-order valence-corrected chi connectivity index (χ3v) is 4.74. The van der Waals surface area contributed by atoms with Crippen LogP contribution in [0.3, 0.4) is 0 Å². The second-order valence-corrected chi connectivity index (χ2v) is 6.29. The summed E-state index contributed by atoms with van der Waals surface area (Å²) in [4.78, 5) is 19.3. The monoisotopic (exact) mass is 333 g/mol. The number of rotatable bonds is 3. The van der Waals surface area contributed by atoms with Crippen LogP contribution in [0.25, 0.3) is 5.82 Å². The lowest BCUT2D eigenvalue weighted by atomic mass is 9.99. The summed E-state index contributed by atoms with van der Waals surface area (Å²) < 4.78 is 1.71. The predicted octanol–water partition coefficient (Wildman–Crippen LogP) is 2.95. The Labute approximate surface area is 146 Å². The van der Waals surface area contributed by atoms with Gasteiger partial charge in [-0.15, -0.1) is 10.2 Å². The fourth-order valence-electron chi connectivity index (χ4n) is 3.44. The van der Waals surface area contributed by atoms with Crippen molar-refractivity contribution < 1.29 is 4.79 Å². The van der Waals surface area contributed by atoms with Gasteiger partial charge in [0.25, 0.3) is 5.91 Å². The maximum absolute atomic E-state index is 13.0. The Kier molecular flexibility index (Phi) is 4.01. The Morgan fingerprint density at radius 3 is 2.64 bits per heavy atom. The van der Waals surface area contributed by atoms with Crippen molar-refractivity contribution in [2.24, 2.45) is 0 Å². The number of hydrogen-bond acceptors (Lipinski definition) is 4. The number of amides is 1. The van der Waals surface area contributed by atoms with Gasteiger partial charge >= 0.3 is 0 Å². The van der Waals surface area contributed by atoms with E-state index < -0.39 is 0 Å². The van der Waals surface area contributed by atoms with E-state index in [1.807, 2.05) is 29.2 Å². The first-order valence-electron chi connectivity index (χ1n) is 8.41. The van der Waals surface area contributed by atoms with E-state index >= 15 is 0 Å². The molecular formula is C19H19N5O. The molecule has 1 aliphatic heterocycles. The molecule has 126 valence electrons. The average Bonchev–Trinajstić information content (AvgIpc) is 3.34. The number of aryl methyl sites for hydroxylation is 1. The number of hydrogen-bond donors (Lipinski definition) is 0. The predicted molar refractivity (Wildman–Crippen MR) is 93.3 cm³/mol. The topological polar surface area (TPSA) is 63.9 Å². The summed E-state index contributed by atoms with van der Waals surface area (Å²) in [5.41, 5.74) is 3.08. The molecule has 0 unspecified atom stereocenters. The molecule has 6 heteroatoms. The molecule has 4 rings (SSSR count). The zero-order chi connectivity index (χ0) is 17.2. The van der Waals surface area contributed by atoms with Crippen molar-refractivity contribution in [1.29, 1.82) is 0 Å². The molecule has 0 bridgehead atoms. The van der Waals surface area contributed by atoms with Crippen LogP contribution in [0.2, 0.25) is 0 Å². The standard InChI is InChI=1S/C19H19N5O/c1-14-5-2-3-6-16(14)17-7-4-10-24(17)19(25)15-8-9-18(20-11-15)23-12-21-22-13-23/h2-3,5-6,8-9,11-13,17H,4,7,10H2,1H3/t17-/m0/s1. The van der Waals surface area contributed by atoms with Crippen LogP contribution in [0.4, 0.5) is 0 Å². The number of benzene rings is 1. The third kappa shape index (κ3) is 2.91. The Hall–Kier alpha value is -3.02. The van der Waals surface area contributed by atoms with Gasteiger partial charge in [0.15, 0.2) is 0 Å². The smallest absolute Gasteiger partial charge is 0.255 e. The minimum Gasteiger partial charge on any atom is -0.332 e. The molecule has 0 saturated carbocycles. The second kappa shape index (κ2) is 6.47. The number of aromatic nitrogens is 4. The van der Waals surface area contributed by atoms with E-state index in [0.717, 1.165) is 19.4 Å². The summed E-state index contributed by atoms with van der Waals surface area (Å²) in [6.45, 7) is 2.89. The lowest BCUT2D eigenvalue weighted by molar-refractivity contribution is 0.0735. The van der Waals surface area contributed by atoms with E-state index in [4.69, 9.17) is 0 Å². The van der Waals surface area contributed by atoms with E-state index in [1.54, 1.807) is 23.4 Å². The Bertz CT molecular complexity index is 873.